The minimum absolute atomic E-state index is 0.173. The lowest BCUT2D eigenvalue weighted by molar-refractivity contribution is 0.414. The van der Waals surface area contributed by atoms with E-state index in [2.05, 4.69) is 0 Å². The van der Waals surface area contributed by atoms with Crippen molar-refractivity contribution in [3.8, 4) is 0 Å². The summed E-state index contributed by atoms with van der Waals surface area (Å²) in [5.74, 6) is -0.646. The van der Waals surface area contributed by atoms with E-state index in [0.717, 1.165) is 10.4 Å². The monoisotopic (exact) mass is 260 g/mol. The van der Waals surface area contributed by atoms with Gasteiger partial charge in [0.2, 0.25) is 10.0 Å². The minimum Gasteiger partial charge on any atom is -0.399 e. The summed E-state index contributed by atoms with van der Waals surface area (Å²) in [6.45, 7) is 4.13. The van der Waals surface area contributed by atoms with Crippen molar-refractivity contribution in [3.05, 3.63) is 24.0 Å². The zero-order valence-electron chi connectivity index (χ0n) is 10.1. The lowest BCUT2D eigenvalue weighted by atomic mass is 10.2. The molecule has 0 saturated carbocycles. The van der Waals surface area contributed by atoms with Gasteiger partial charge in [-0.25, -0.2) is 17.1 Å². The van der Waals surface area contributed by atoms with Crippen molar-refractivity contribution in [2.45, 2.75) is 18.7 Å². The molecule has 0 amide bonds. The fourth-order valence-corrected chi connectivity index (χ4v) is 2.88. The van der Waals surface area contributed by atoms with E-state index in [-0.39, 0.29) is 16.5 Å². The smallest absolute Gasteiger partial charge is 0.245 e. The highest BCUT2D eigenvalue weighted by Gasteiger charge is 2.24. The fraction of sp³-hybridized carbons (Fsp3) is 0.455. The molecule has 1 aromatic rings. The summed E-state index contributed by atoms with van der Waals surface area (Å²) in [7, 11) is -2.34. The average molecular weight is 260 g/mol. The Morgan fingerprint density at radius 2 is 2.00 bits per heavy atom. The second kappa shape index (κ2) is 5.01. The molecule has 1 aromatic carbocycles. The molecule has 17 heavy (non-hydrogen) atoms. The van der Waals surface area contributed by atoms with Gasteiger partial charge in [0.15, 0.2) is 0 Å². The van der Waals surface area contributed by atoms with Crippen LogP contribution in [0.3, 0.4) is 0 Å². The highest BCUT2D eigenvalue weighted by molar-refractivity contribution is 7.89. The molecule has 0 unspecified atom stereocenters. The van der Waals surface area contributed by atoms with Crippen LogP contribution in [0.5, 0.6) is 0 Å². The third kappa shape index (κ3) is 3.17. The third-order valence-corrected chi connectivity index (χ3v) is 4.12. The number of rotatable bonds is 4. The van der Waals surface area contributed by atoms with Crippen molar-refractivity contribution in [1.82, 2.24) is 4.31 Å². The molecule has 6 heteroatoms. The molecule has 0 aliphatic carbocycles. The number of halogens is 1. The summed E-state index contributed by atoms with van der Waals surface area (Å²) in [6, 6.07) is 3.58. The summed E-state index contributed by atoms with van der Waals surface area (Å²) in [6.07, 6.45) is 0. The van der Waals surface area contributed by atoms with E-state index in [4.69, 9.17) is 5.73 Å². The number of nitrogens with zero attached hydrogens (tertiary/aromatic N) is 1. The van der Waals surface area contributed by atoms with E-state index in [1.807, 2.05) is 13.8 Å². The molecule has 0 saturated heterocycles. The Hall–Kier alpha value is -1.14. The fourth-order valence-electron chi connectivity index (χ4n) is 1.51. The van der Waals surface area contributed by atoms with Crippen molar-refractivity contribution in [1.29, 1.82) is 0 Å². The number of nitrogen functional groups attached to an aromatic ring is 1. The van der Waals surface area contributed by atoms with Gasteiger partial charge in [0, 0.05) is 19.3 Å². The molecule has 0 radical (unpaired) electrons. The number of nitrogens with two attached hydrogens (primary N) is 1. The van der Waals surface area contributed by atoms with E-state index < -0.39 is 15.8 Å². The molecule has 0 atom stereocenters. The van der Waals surface area contributed by atoms with Crippen LogP contribution in [0.1, 0.15) is 13.8 Å². The van der Waals surface area contributed by atoms with Crippen LogP contribution < -0.4 is 5.73 Å². The molecule has 2 N–H and O–H groups in total. The van der Waals surface area contributed by atoms with Gasteiger partial charge in [-0.15, -0.1) is 0 Å². The average Bonchev–Trinajstić information content (AvgIpc) is 2.15. The van der Waals surface area contributed by atoms with Crippen LogP contribution in [0.4, 0.5) is 10.1 Å². The van der Waals surface area contributed by atoms with Gasteiger partial charge in [-0.3, -0.25) is 0 Å². The molecule has 0 heterocycles. The largest absolute Gasteiger partial charge is 0.399 e. The van der Waals surface area contributed by atoms with E-state index in [0.29, 0.717) is 6.54 Å². The zero-order valence-corrected chi connectivity index (χ0v) is 11.0. The first-order valence-corrected chi connectivity index (χ1v) is 6.70. The second-order valence-electron chi connectivity index (χ2n) is 4.37. The second-order valence-corrected chi connectivity index (χ2v) is 6.38. The first-order valence-electron chi connectivity index (χ1n) is 5.26. The van der Waals surface area contributed by atoms with Crippen LogP contribution in [0.2, 0.25) is 0 Å². The molecule has 0 bridgehead atoms. The molecule has 96 valence electrons. The van der Waals surface area contributed by atoms with Crippen LogP contribution >= 0.6 is 0 Å². The van der Waals surface area contributed by atoms with Gasteiger partial charge in [-0.2, -0.15) is 0 Å². The third-order valence-electron chi connectivity index (χ3n) is 2.27. The summed E-state index contributed by atoms with van der Waals surface area (Å²) in [4.78, 5) is -0.338. The van der Waals surface area contributed by atoms with Gasteiger partial charge in [-0.1, -0.05) is 13.8 Å². The Balaban J connectivity index is 3.13. The van der Waals surface area contributed by atoms with E-state index in [1.54, 1.807) is 0 Å². The molecular formula is C11H17FN2O2S. The van der Waals surface area contributed by atoms with Gasteiger partial charge in [0.1, 0.15) is 10.7 Å². The molecular weight excluding hydrogens is 243 g/mol. The predicted octanol–water partition coefficient (Wildman–Crippen LogP) is 1.68. The molecule has 0 aromatic heterocycles. The van der Waals surface area contributed by atoms with Crippen molar-refractivity contribution in [2.75, 3.05) is 19.3 Å². The molecule has 4 nitrogen and oxygen atoms in total. The molecule has 0 fully saturated rings. The van der Waals surface area contributed by atoms with Gasteiger partial charge in [-0.05, 0) is 24.1 Å². The summed E-state index contributed by atoms with van der Waals surface area (Å²) in [5, 5.41) is 0. The van der Waals surface area contributed by atoms with Crippen LogP contribution in [-0.2, 0) is 10.0 Å². The van der Waals surface area contributed by atoms with Crippen LogP contribution in [0.25, 0.3) is 0 Å². The highest BCUT2D eigenvalue weighted by Crippen LogP contribution is 2.20. The number of anilines is 1. The lowest BCUT2D eigenvalue weighted by Gasteiger charge is -2.19. The molecule has 0 aliphatic heterocycles. The maximum atomic E-state index is 13.6. The molecule has 0 spiro atoms. The maximum absolute atomic E-state index is 13.6. The topological polar surface area (TPSA) is 63.4 Å². The Kier molecular flexibility index (Phi) is 4.11. The SMILES string of the molecule is CC(C)CN(C)S(=O)(=O)c1ccc(N)cc1F. The maximum Gasteiger partial charge on any atom is 0.245 e. The van der Waals surface area contributed by atoms with E-state index >= 15 is 0 Å². The summed E-state index contributed by atoms with van der Waals surface area (Å²) < 4.78 is 38.8. The van der Waals surface area contributed by atoms with Crippen molar-refractivity contribution in [3.63, 3.8) is 0 Å². The van der Waals surface area contributed by atoms with Gasteiger partial charge in [0.25, 0.3) is 0 Å². The molecule has 1 rings (SSSR count). The summed E-state index contributed by atoms with van der Waals surface area (Å²) in [5.41, 5.74) is 5.58. The Morgan fingerprint density at radius 1 is 1.41 bits per heavy atom. The first kappa shape index (κ1) is 13.9. The van der Waals surface area contributed by atoms with Crippen molar-refractivity contribution in [2.24, 2.45) is 5.92 Å². The Labute approximate surface area is 101 Å². The van der Waals surface area contributed by atoms with Crippen LogP contribution in [-0.4, -0.2) is 26.3 Å². The number of hydrogen-bond acceptors (Lipinski definition) is 3. The minimum atomic E-state index is -3.78. The molecule has 0 aliphatic rings. The Bertz CT molecular complexity index is 500. The number of hydrogen-bond donors (Lipinski definition) is 1. The van der Waals surface area contributed by atoms with E-state index in [9.17, 15) is 12.8 Å². The highest BCUT2D eigenvalue weighted by atomic mass is 32.2. The van der Waals surface area contributed by atoms with Gasteiger partial charge >= 0.3 is 0 Å². The first-order chi connectivity index (χ1) is 7.75. The van der Waals surface area contributed by atoms with Gasteiger partial charge in [0.05, 0.1) is 0 Å². The quantitative estimate of drug-likeness (QED) is 0.838. The number of sulfonamides is 1. The lowest BCUT2D eigenvalue weighted by Crippen LogP contribution is -2.31. The standard InChI is InChI=1S/C11H17FN2O2S/c1-8(2)7-14(3)17(15,16)11-5-4-9(13)6-10(11)12/h4-6,8H,7,13H2,1-3H3. The van der Waals surface area contributed by atoms with Gasteiger partial charge < -0.3 is 5.73 Å². The predicted molar refractivity (Wildman–Crippen MR) is 65.5 cm³/mol. The van der Waals surface area contributed by atoms with Crippen LogP contribution in [0.15, 0.2) is 23.1 Å². The zero-order chi connectivity index (χ0) is 13.2. The van der Waals surface area contributed by atoms with Crippen LogP contribution in [0, 0.1) is 11.7 Å². The van der Waals surface area contributed by atoms with Crippen molar-refractivity contribution >= 4 is 15.7 Å². The Morgan fingerprint density at radius 3 is 2.47 bits per heavy atom. The normalized spacial score (nSPS) is 12.4. The number of benzene rings is 1. The van der Waals surface area contributed by atoms with Crippen molar-refractivity contribution < 1.29 is 12.8 Å². The van der Waals surface area contributed by atoms with E-state index in [1.165, 1.54) is 19.2 Å². The summed E-state index contributed by atoms with van der Waals surface area (Å²) >= 11 is 0.